The molecule has 1 fully saturated rings. The number of hydrogen-bond donors (Lipinski definition) is 1. The molecule has 1 saturated carbocycles. The van der Waals surface area contributed by atoms with Gasteiger partial charge in [-0.3, -0.25) is 4.79 Å². The van der Waals surface area contributed by atoms with Crippen LogP contribution in [0.1, 0.15) is 46.7 Å². The van der Waals surface area contributed by atoms with Crippen molar-refractivity contribution in [2.75, 3.05) is 0 Å². The van der Waals surface area contributed by atoms with Crippen molar-refractivity contribution in [2.24, 2.45) is 0 Å². The fraction of sp³-hybridized carbons (Fsp3) is 0.615. The maximum Gasteiger partial charge on any atom is 0.261 e. The van der Waals surface area contributed by atoms with Gasteiger partial charge in [-0.05, 0) is 31.9 Å². The molecule has 2 atom stereocenters. The van der Waals surface area contributed by atoms with Gasteiger partial charge in [-0.25, -0.2) is 0 Å². The molecule has 1 aromatic rings. The highest BCUT2D eigenvalue weighted by Crippen LogP contribution is 2.23. The molecule has 2 rings (SSSR count). The van der Waals surface area contributed by atoms with Gasteiger partial charge in [-0.1, -0.05) is 19.3 Å². The van der Waals surface area contributed by atoms with Gasteiger partial charge in [0.05, 0.1) is 10.3 Å². The minimum absolute atomic E-state index is 0.0284. The molecule has 0 spiro atoms. The van der Waals surface area contributed by atoms with E-state index in [2.05, 4.69) is 5.32 Å². The molecule has 4 heteroatoms. The van der Waals surface area contributed by atoms with E-state index in [9.17, 15) is 4.79 Å². The summed E-state index contributed by atoms with van der Waals surface area (Å²) < 4.78 is 0. The third kappa shape index (κ3) is 3.46. The number of carbonyl (C=O) groups excluding carboxylic acids is 1. The van der Waals surface area contributed by atoms with E-state index in [4.69, 9.17) is 11.6 Å². The van der Waals surface area contributed by atoms with E-state index >= 15 is 0 Å². The molecular weight excluding hydrogens is 254 g/mol. The van der Waals surface area contributed by atoms with Crippen LogP contribution >= 0.6 is 22.9 Å². The van der Waals surface area contributed by atoms with Crippen molar-refractivity contribution < 1.29 is 4.79 Å². The van der Waals surface area contributed by atoms with Crippen molar-refractivity contribution in [1.82, 2.24) is 5.32 Å². The molecule has 0 aromatic carbocycles. The van der Waals surface area contributed by atoms with Crippen molar-refractivity contribution in [1.29, 1.82) is 0 Å². The molecule has 1 N–H and O–H groups in total. The van der Waals surface area contributed by atoms with Crippen molar-refractivity contribution in [3.05, 3.63) is 21.9 Å². The van der Waals surface area contributed by atoms with E-state index in [1.807, 2.05) is 19.1 Å². The molecule has 1 aliphatic rings. The van der Waals surface area contributed by atoms with E-state index in [1.165, 1.54) is 29.1 Å². The minimum Gasteiger partial charge on any atom is -0.347 e. The van der Waals surface area contributed by atoms with E-state index in [0.717, 1.165) is 24.1 Å². The molecule has 94 valence electrons. The van der Waals surface area contributed by atoms with E-state index < -0.39 is 0 Å². The van der Waals surface area contributed by atoms with Gasteiger partial charge in [-0.15, -0.1) is 22.9 Å². The first-order chi connectivity index (χ1) is 8.16. The summed E-state index contributed by atoms with van der Waals surface area (Å²) in [5.74, 6) is 0.0284. The van der Waals surface area contributed by atoms with Crippen LogP contribution in [0.4, 0.5) is 0 Å². The molecule has 2 unspecified atom stereocenters. The largest absolute Gasteiger partial charge is 0.347 e. The Balaban J connectivity index is 1.97. The Morgan fingerprint density at radius 2 is 2.12 bits per heavy atom. The third-order valence-electron chi connectivity index (χ3n) is 3.21. The Hall–Kier alpha value is -0.540. The van der Waals surface area contributed by atoms with E-state index in [-0.39, 0.29) is 17.3 Å². The number of amides is 1. The van der Waals surface area contributed by atoms with Gasteiger partial charge in [0.25, 0.3) is 5.91 Å². The Morgan fingerprint density at radius 1 is 1.35 bits per heavy atom. The topological polar surface area (TPSA) is 29.1 Å². The number of alkyl halides is 1. The van der Waals surface area contributed by atoms with Crippen LogP contribution in [-0.2, 0) is 0 Å². The number of nitrogens with one attached hydrogen (secondary N) is 1. The molecule has 1 aromatic heterocycles. The molecule has 1 amide bonds. The summed E-state index contributed by atoms with van der Waals surface area (Å²) in [7, 11) is 0. The smallest absolute Gasteiger partial charge is 0.261 e. The SMILES string of the molecule is Cc1ccc(C(=O)NC2CCCCCC2Cl)s1. The van der Waals surface area contributed by atoms with Gasteiger partial charge in [-0.2, -0.15) is 0 Å². The monoisotopic (exact) mass is 271 g/mol. The number of thiophene rings is 1. The minimum atomic E-state index is 0.0284. The lowest BCUT2D eigenvalue weighted by Crippen LogP contribution is -2.40. The van der Waals surface area contributed by atoms with Crippen LogP contribution in [-0.4, -0.2) is 17.3 Å². The quantitative estimate of drug-likeness (QED) is 0.645. The van der Waals surface area contributed by atoms with Crippen LogP contribution < -0.4 is 5.32 Å². The zero-order chi connectivity index (χ0) is 12.3. The maximum atomic E-state index is 12.0. The fourth-order valence-corrected chi connectivity index (χ4v) is 3.34. The third-order valence-corrected chi connectivity index (χ3v) is 4.73. The average Bonchev–Trinajstić information content (AvgIpc) is 2.63. The standard InChI is InChI=1S/C13H18ClNOS/c1-9-7-8-12(17-9)13(16)15-11-6-4-2-3-5-10(11)14/h7-8,10-11H,2-6H2,1H3,(H,15,16). The number of hydrogen-bond acceptors (Lipinski definition) is 2. The summed E-state index contributed by atoms with van der Waals surface area (Å²) in [5.41, 5.74) is 0. The van der Waals surface area contributed by atoms with Gasteiger partial charge in [0.1, 0.15) is 0 Å². The molecule has 0 bridgehead atoms. The van der Waals surface area contributed by atoms with Crippen LogP contribution in [0.15, 0.2) is 12.1 Å². The van der Waals surface area contributed by atoms with Crippen molar-refractivity contribution >= 4 is 28.8 Å². The highest BCUT2D eigenvalue weighted by Gasteiger charge is 2.23. The fourth-order valence-electron chi connectivity index (χ4n) is 2.22. The van der Waals surface area contributed by atoms with Crippen molar-refractivity contribution in [2.45, 2.75) is 50.4 Å². The molecule has 0 aliphatic heterocycles. The van der Waals surface area contributed by atoms with Crippen LogP contribution in [0.3, 0.4) is 0 Å². The number of halogens is 1. The van der Waals surface area contributed by atoms with Crippen LogP contribution in [0.2, 0.25) is 0 Å². The number of carbonyl (C=O) groups is 1. The summed E-state index contributed by atoms with van der Waals surface area (Å²) in [4.78, 5) is 14.0. The van der Waals surface area contributed by atoms with Crippen LogP contribution in [0.5, 0.6) is 0 Å². The summed E-state index contributed by atoms with van der Waals surface area (Å²) >= 11 is 7.85. The molecule has 1 heterocycles. The molecule has 17 heavy (non-hydrogen) atoms. The lowest BCUT2D eigenvalue weighted by Gasteiger charge is -2.20. The Morgan fingerprint density at radius 3 is 2.82 bits per heavy atom. The molecular formula is C13H18ClNOS. The van der Waals surface area contributed by atoms with Gasteiger partial charge >= 0.3 is 0 Å². The summed E-state index contributed by atoms with van der Waals surface area (Å²) in [6, 6.07) is 3.99. The highest BCUT2D eigenvalue weighted by atomic mass is 35.5. The number of aryl methyl sites for hydroxylation is 1. The Labute approximate surface area is 111 Å². The van der Waals surface area contributed by atoms with Crippen LogP contribution in [0.25, 0.3) is 0 Å². The first-order valence-electron chi connectivity index (χ1n) is 6.18. The average molecular weight is 272 g/mol. The van der Waals surface area contributed by atoms with Gasteiger partial charge in [0.15, 0.2) is 0 Å². The van der Waals surface area contributed by atoms with Crippen LogP contribution in [0, 0.1) is 6.92 Å². The second-order valence-corrected chi connectivity index (χ2v) is 6.49. The predicted octanol–water partition coefficient (Wildman–Crippen LogP) is 3.73. The molecule has 0 saturated heterocycles. The second-order valence-electron chi connectivity index (χ2n) is 4.64. The van der Waals surface area contributed by atoms with Gasteiger partial charge < -0.3 is 5.32 Å². The van der Waals surface area contributed by atoms with Gasteiger partial charge in [0, 0.05) is 10.9 Å². The summed E-state index contributed by atoms with van der Waals surface area (Å²) in [6.07, 6.45) is 5.59. The molecule has 2 nitrogen and oxygen atoms in total. The normalized spacial score (nSPS) is 25.3. The molecule has 0 radical (unpaired) electrons. The van der Waals surface area contributed by atoms with E-state index in [1.54, 1.807) is 0 Å². The maximum absolute atomic E-state index is 12.0. The predicted molar refractivity (Wildman–Crippen MR) is 73.0 cm³/mol. The lowest BCUT2D eigenvalue weighted by atomic mass is 10.1. The summed E-state index contributed by atoms with van der Waals surface area (Å²) in [5, 5.41) is 3.16. The van der Waals surface area contributed by atoms with Crippen molar-refractivity contribution in [3.63, 3.8) is 0 Å². The lowest BCUT2D eigenvalue weighted by molar-refractivity contribution is 0.0938. The van der Waals surface area contributed by atoms with E-state index in [0.29, 0.717) is 0 Å². The Bertz CT molecular complexity index is 391. The first-order valence-corrected chi connectivity index (χ1v) is 7.43. The highest BCUT2D eigenvalue weighted by molar-refractivity contribution is 7.13. The Kier molecular flexibility index (Phi) is 4.46. The molecule has 1 aliphatic carbocycles. The second kappa shape index (κ2) is 5.87. The number of rotatable bonds is 2. The van der Waals surface area contributed by atoms with Crippen molar-refractivity contribution in [3.8, 4) is 0 Å². The zero-order valence-corrected chi connectivity index (χ0v) is 11.6. The zero-order valence-electron chi connectivity index (χ0n) is 10.0. The summed E-state index contributed by atoms with van der Waals surface area (Å²) in [6.45, 7) is 2.01. The van der Waals surface area contributed by atoms with Gasteiger partial charge in [0.2, 0.25) is 0 Å². The first kappa shape index (κ1) is 12.9.